The normalized spacial score (nSPS) is 33.9. The van der Waals surface area contributed by atoms with Gasteiger partial charge in [-0.25, -0.2) is 4.58 Å². The Hall–Kier alpha value is -1.11. The summed E-state index contributed by atoms with van der Waals surface area (Å²) < 4.78 is 2.60. The van der Waals surface area contributed by atoms with E-state index in [1.54, 1.807) is 0 Å². The Morgan fingerprint density at radius 3 is 2.85 bits per heavy atom. The SMILES string of the molecule is CC1(C)[C@H]2CC[C@H](C[N+]3=Cc4ccccc4CC3)[C@@H]1C2. The van der Waals surface area contributed by atoms with Gasteiger partial charge in [0.05, 0.1) is 0 Å². The Bertz CT molecular complexity index is 553. The topological polar surface area (TPSA) is 3.01 Å². The van der Waals surface area contributed by atoms with Crippen molar-refractivity contribution in [2.24, 2.45) is 23.2 Å². The molecule has 3 saturated carbocycles. The summed E-state index contributed by atoms with van der Waals surface area (Å²) in [5, 5.41) is 0. The third kappa shape index (κ3) is 1.86. The molecule has 3 aliphatic carbocycles. The number of rotatable bonds is 2. The van der Waals surface area contributed by atoms with E-state index in [9.17, 15) is 0 Å². The molecule has 5 rings (SSSR count). The van der Waals surface area contributed by atoms with Crippen molar-refractivity contribution < 1.29 is 4.58 Å². The van der Waals surface area contributed by atoms with Crippen molar-refractivity contribution in [2.45, 2.75) is 39.5 Å². The van der Waals surface area contributed by atoms with E-state index in [1.165, 1.54) is 49.9 Å². The second kappa shape index (κ2) is 4.44. The van der Waals surface area contributed by atoms with Gasteiger partial charge in [-0.3, -0.25) is 0 Å². The predicted molar refractivity (Wildman–Crippen MR) is 83.4 cm³/mol. The van der Waals surface area contributed by atoms with E-state index < -0.39 is 0 Å². The number of fused-ring (bicyclic) bond motifs is 3. The molecule has 1 heterocycles. The summed E-state index contributed by atoms with van der Waals surface area (Å²) in [6.07, 6.45) is 8.07. The van der Waals surface area contributed by atoms with Gasteiger partial charge in [0.15, 0.2) is 6.21 Å². The lowest BCUT2D eigenvalue weighted by atomic mass is 9.45. The van der Waals surface area contributed by atoms with Crippen LogP contribution in [0.3, 0.4) is 0 Å². The van der Waals surface area contributed by atoms with Crippen LogP contribution in [-0.4, -0.2) is 23.9 Å². The zero-order chi connectivity index (χ0) is 13.7. The Morgan fingerprint density at radius 2 is 2.05 bits per heavy atom. The van der Waals surface area contributed by atoms with Crippen LogP contribution < -0.4 is 0 Å². The second-order valence-electron chi connectivity index (χ2n) is 7.77. The molecule has 0 amide bonds. The molecule has 0 spiro atoms. The summed E-state index contributed by atoms with van der Waals surface area (Å²) in [6, 6.07) is 8.88. The predicted octanol–water partition coefficient (Wildman–Crippen LogP) is 3.75. The zero-order valence-electron chi connectivity index (χ0n) is 12.8. The van der Waals surface area contributed by atoms with E-state index in [1.807, 2.05) is 0 Å². The first kappa shape index (κ1) is 12.6. The van der Waals surface area contributed by atoms with Crippen LogP contribution in [-0.2, 0) is 6.42 Å². The molecule has 3 fully saturated rings. The van der Waals surface area contributed by atoms with Crippen molar-refractivity contribution in [3.63, 3.8) is 0 Å². The van der Waals surface area contributed by atoms with Crippen molar-refractivity contribution in [3.05, 3.63) is 35.4 Å². The third-order valence-electron chi connectivity index (χ3n) is 6.52. The zero-order valence-corrected chi connectivity index (χ0v) is 12.8. The summed E-state index contributed by atoms with van der Waals surface area (Å²) in [4.78, 5) is 0. The lowest BCUT2D eigenvalue weighted by Crippen LogP contribution is -2.54. The Labute approximate surface area is 122 Å². The number of benzene rings is 1. The average molecular weight is 268 g/mol. The van der Waals surface area contributed by atoms with Crippen LogP contribution in [0.4, 0.5) is 0 Å². The van der Waals surface area contributed by atoms with Crippen LogP contribution in [0, 0.1) is 23.2 Å². The first-order valence-electron chi connectivity index (χ1n) is 8.31. The van der Waals surface area contributed by atoms with Gasteiger partial charge >= 0.3 is 0 Å². The molecule has 0 aromatic heterocycles. The number of hydrogen-bond donors (Lipinski definition) is 0. The molecule has 4 aliphatic rings. The van der Waals surface area contributed by atoms with Crippen molar-refractivity contribution >= 4 is 6.21 Å². The minimum atomic E-state index is 0.622. The number of nitrogens with zero attached hydrogens (tertiary/aromatic N) is 1. The van der Waals surface area contributed by atoms with Crippen LogP contribution >= 0.6 is 0 Å². The average Bonchev–Trinajstić information content (AvgIpc) is 2.47. The second-order valence-corrected chi connectivity index (χ2v) is 7.77. The molecule has 1 heteroatoms. The van der Waals surface area contributed by atoms with Crippen LogP contribution in [0.1, 0.15) is 44.2 Å². The molecule has 0 unspecified atom stereocenters. The summed E-state index contributed by atoms with van der Waals surface area (Å²) in [7, 11) is 0. The maximum Gasteiger partial charge on any atom is 0.170 e. The van der Waals surface area contributed by atoms with E-state index in [-0.39, 0.29) is 0 Å². The highest BCUT2D eigenvalue weighted by atomic mass is 15.0. The molecule has 3 atom stereocenters. The Kier molecular flexibility index (Phi) is 2.80. The maximum atomic E-state index is 2.60. The van der Waals surface area contributed by atoms with E-state index >= 15 is 0 Å². The highest BCUT2D eigenvalue weighted by Gasteiger charge is 2.55. The van der Waals surface area contributed by atoms with Crippen molar-refractivity contribution in [2.75, 3.05) is 13.1 Å². The van der Waals surface area contributed by atoms with Gasteiger partial charge in [0.25, 0.3) is 0 Å². The van der Waals surface area contributed by atoms with Gasteiger partial charge in [0, 0.05) is 17.9 Å². The highest BCUT2D eigenvalue weighted by Crippen LogP contribution is 2.61. The molecule has 1 aliphatic heterocycles. The lowest BCUT2D eigenvalue weighted by molar-refractivity contribution is -0.536. The lowest BCUT2D eigenvalue weighted by Gasteiger charge is -2.59. The van der Waals surface area contributed by atoms with Gasteiger partial charge in [-0.1, -0.05) is 32.0 Å². The Morgan fingerprint density at radius 1 is 1.20 bits per heavy atom. The van der Waals surface area contributed by atoms with E-state index in [4.69, 9.17) is 0 Å². The quantitative estimate of drug-likeness (QED) is 0.719. The first-order chi connectivity index (χ1) is 9.64. The van der Waals surface area contributed by atoms with Crippen LogP contribution in [0.15, 0.2) is 24.3 Å². The molecule has 2 bridgehead atoms. The van der Waals surface area contributed by atoms with Crippen molar-refractivity contribution in [3.8, 4) is 0 Å². The van der Waals surface area contributed by atoms with Crippen molar-refractivity contribution in [1.82, 2.24) is 0 Å². The molecule has 20 heavy (non-hydrogen) atoms. The smallest absolute Gasteiger partial charge is 0.170 e. The monoisotopic (exact) mass is 268 g/mol. The van der Waals surface area contributed by atoms with Gasteiger partial charge in [-0.15, -0.1) is 0 Å². The van der Waals surface area contributed by atoms with Crippen molar-refractivity contribution in [1.29, 1.82) is 0 Å². The standard InChI is InChI=1S/C19H26N/c1-19(2)17-8-7-16(18(19)11-17)13-20-10-9-14-5-3-4-6-15(14)12-20/h3-6,12,16-18H,7-11,13H2,1-2H3/q+1/t16-,17+,18+/m1/s1. The fraction of sp³-hybridized carbons (Fsp3) is 0.632. The highest BCUT2D eigenvalue weighted by molar-refractivity contribution is 5.78. The third-order valence-corrected chi connectivity index (χ3v) is 6.52. The molecular formula is C19H26N+. The van der Waals surface area contributed by atoms with E-state index in [0.717, 1.165) is 17.8 Å². The van der Waals surface area contributed by atoms with Crippen LogP contribution in [0.25, 0.3) is 0 Å². The molecule has 1 aromatic carbocycles. The van der Waals surface area contributed by atoms with E-state index in [2.05, 4.69) is 48.9 Å². The molecule has 0 saturated heterocycles. The Balaban J connectivity index is 1.52. The number of hydrogen-bond acceptors (Lipinski definition) is 0. The minimum Gasteiger partial charge on any atom is -0.235 e. The van der Waals surface area contributed by atoms with E-state index in [0.29, 0.717) is 5.41 Å². The minimum absolute atomic E-state index is 0.622. The summed E-state index contributed by atoms with van der Waals surface area (Å²) in [6.45, 7) is 7.51. The molecule has 1 aromatic rings. The fourth-order valence-electron chi connectivity index (χ4n) is 5.04. The van der Waals surface area contributed by atoms with Gasteiger partial charge in [-0.05, 0) is 48.1 Å². The van der Waals surface area contributed by atoms with Gasteiger partial charge in [-0.2, -0.15) is 0 Å². The van der Waals surface area contributed by atoms with Gasteiger partial charge in [0.2, 0.25) is 0 Å². The molecule has 1 nitrogen and oxygen atoms in total. The van der Waals surface area contributed by atoms with Crippen LogP contribution in [0.2, 0.25) is 0 Å². The van der Waals surface area contributed by atoms with Gasteiger partial charge < -0.3 is 0 Å². The largest absolute Gasteiger partial charge is 0.235 e. The molecule has 0 radical (unpaired) electrons. The summed E-state index contributed by atoms with van der Waals surface area (Å²) in [5.41, 5.74) is 3.59. The first-order valence-corrected chi connectivity index (χ1v) is 8.31. The fourth-order valence-corrected chi connectivity index (χ4v) is 5.04. The van der Waals surface area contributed by atoms with Crippen LogP contribution in [0.5, 0.6) is 0 Å². The van der Waals surface area contributed by atoms with Gasteiger partial charge in [0.1, 0.15) is 13.1 Å². The molecule has 106 valence electrons. The maximum absolute atomic E-state index is 2.60. The summed E-state index contributed by atoms with van der Waals surface area (Å²) in [5.74, 6) is 2.93. The molecule has 0 N–H and O–H groups in total. The summed E-state index contributed by atoms with van der Waals surface area (Å²) >= 11 is 0. The molecular weight excluding hydrogens is 242 g/mol.